The van der Waals surface area contributed by atoms with E-state index in [0.717, 1.165) is 11.1 Å². The summed E-state index contributed by atoms with van der Waals surface area (Å²) < 4.78 is 11.1. The highest BCUT2D eigenvalue weighted by Crippen LogP contribution is 2.31. The summed E-state index contributed by atoms with van der Waals surface area (Å²) in [6, 6.07) is 12.9. The minimum Gasteiger partial charge on any atom is -0.497 e. The van der Waals surface area contributed by atoms with E-state index in [4.69, 9.17) is 9.47 Å². The molecule has 2 N–H and O–H groups in total. The molecular formula is C20H21N5O3. The lowest BCUT2D eigenvalue weighted by Crippen LogP contribution is -2.23. The van der Waals surface area contributed by atoms with Crippen molar-refractivity contribution in [3.8, 4) is 22.9 Å². The molecule has 1 heterocycles. The number of nitrogens with zero attached hydrogens (tertiary/aromatic N) is 3. The molecular weight excluding hydrogens is 358 g/mol. The maximum Gasteiger partial charge on any atom is 0.255 e. The van der Waals surface area contributed by atoms with Gasteiger partial charge in [-0.15, -0.1) is 10.2 Å². The van der Waals surface area contributed by atoms with Crippen LogP contribution in [0.3, 0.4) is 0 Å². The third-order valence-electron chi connectivity index (χ3n) is 4.62. The second-order valence-electron chi connectivity index (χ2n) is 6.73. The minimum absolute atomic E-state index is 0.185. The number of hydrogen-bond donors (Lipinski definition) is 2. The number of aromatic nitrogens is 4. The summed E-state index contributed by atoms with van der Waals surface area (Å²) in [4.78, 5) is 12.7. The molecule has 1 aliphatic rings. The zero-order valence-electron chi connectivity index (χ0n) is 15.5. The smallest absolute Gasteiger partial charge is 0.255 e. The fraction of sp³-hybridized carbons (Fsp3) is 0.300. The van der Waals surface area contributed by atoms with Crippen LogP contribution in [0.4, 0.5) is 0 Å². The Balaban J connectivity index is 1.41. The van der Waals surface area contributed by atoms with Crippen LogP contribution in [-0.4, -0.2) is 40.2 Å². The highest BCUT2D eigenvalue weighted by molar-refractivity contribution is 5.97. The third-order valence-corrected chi connectivity index (χ3v) is 4.62. The molecule has 0 radical (unpaired) electrons. The third kappa shape index (κ3) is 4.28. The van der Waals surface area contributed by atoms with Crippen molar-refractivity contribution in [3.05, 3.63) is 53.6 Å². The second-order valence-corrected chi connectivity index (χ2v) is 6.73. The standard InChI is InChI=1S/C20H21N5O3/c1-27-16-8-9-17(18(10-16)28-12-14-2-3-14)20(26)21-11-13-4-6-15(7-5-13)19-22-24-25-23-19/h4-10,14H,2-3,11-12H2,1H3,(H,21,26)(H,22,23,24,25). The molecule has 0 unspecified atom stereocenters. The number of nitrogens with one attached hydrogen (secondary N) is 2. The molecule has 28 heavy (non-hydrogen) atoms. The van der Waals surface area contributed by atoms with Crippen LogP contribution < -0.4 is 14.8 Å². The molecule has 8 nitrogen and oxygen atoms in total. The summed E-state index contributed by atoms with van der Waals surface area (Å²) in [5.74, 6) is 2.16. The van der Waals surface area contributed by atoms with Gasteiger partial charge in [-0.3, -0.25) is 4.79 Å². The molecule has 1 aromatic heterocycles. The number of carbonyl (C=O) groups excluding carboxylic acids is 1. The number of hydrogen-bond acceptors (Lipinski definition) is 6. The van der Waals surface area contributed by atoms with E-state index in [1.807, 2.05) is 24.3 Å². The van der Waals surface area contributed by atoms with Gasteiger partial charge in [0.25, 0.3) is 5.91 Å². The molecule has 4 rings (SSSR count). The molecule has 0 bridgehead atoms. The number of rotatable bonds is 8. The summed E-state index contributed by atoms with van der Waals surface area (Å²) in [6.45, 7) is 1.03. The average molecular weight is 379 g/mol. The highest BCUT2D eigenvalue weighted by atomic mass is 16.5. The number of amides is 1. The SMILES string of the molecule is COc1ccc(C(=O)NCc2ccc(-c3nn[nH]n3)cc2)c(OCC2CC2)c1. The van der Waals surface area contributed by atoms with Crippen LogP contribution in [-0.2, 0) is 6.54 Å². The van der Waals surface area contributed by atoms with Crippen LogP contribution in [0.5, 0.6) is 11.5 Å². The Kier molecular flexibility index (Phi) is 5.18. The monoisotopic (exact) mass is 379 g/mol. The van der Waals surface area contributed by atoms with Crippen LogP contribution in [0.25, 0.3) is 11.4 Å². The molecule has 1 fully saturated rings. The predicted molar refractivity (Wildman–Crippen MR) is 102 cm³/mol. The van der Waals surface area contributed by atoms with Gasteiger partial charge in [0.05, 0.1) is 19.3 Å². The van der Waals surface area contributed by atoms with Crippen LogP contribution in [0, 0.1) is 5.92 Å². The van der Waals surface area contributed by atoms with E-state index in [1.165, 1.54) is 12.8 Å². The Morgan fingerprint density at radius 2 is 2.04 bits per heavy atom. The molecule has 1 aliphatic carbocycles. The van der Waals surface area contributed by atoms with Gasteiger partial charge in [0.15, 0.2) is 0 Å². The van der Waals surface area contributed by atoms with E-state index in [1.54, 1.807) is 25.3 Å². The predicted octanol–water partition coefficient (Wildman–Crippen LogP) is 2.59. The molecule has 0 atom stereocenters. The summed E-state index contributed by atoms with van der Waals surface area (Å²) in [5.41, 5.74) is 2.33. The van der Waals surface area contributed by atoms with Gasteiger partial charge >= 0.3 is 0 Å². The summed E-state index contributed by atoms with van der Waals surface area (Å²) in [5, 5.41) is 16.8. The Morgan fingerprint density at radius 1 is 1.21 bits per heavy atom. The molecule has 1 amide bonds. The van der Waals surface area contributed by atoms with Crippen molar-refractivity contribution in [3.63, 3.8) is 0 Å². The number of methoxy groups -OCH3 is 1. The Morgan fingerprint density at radius 3 is 2.71 bits per heavy atom. The van der Waals surface area contributed by atoms with Gasteiger partial charge in [-0.1, -0.05) is 24.3 Å². The van der Waals surface area contributed by atoms with E-state index in [0.29, 0.717) is 42.0 Å². The van der Waals surface area contributed by atoms with Crippen LogP contribution in [0.1, 0.15) is 28.8 Å². The number of tetrazole rings is 1. The first-order valence-electron chi connectivity index (χ1n) is 9.14. The van der Waals surface area contributed by atoms with E-state index < -0.39 is 0 Å². The lowest BCUT2D eigenvalue weighted by Gasteiger charge is -2.13. The van der Waals surface area contributed by atoms with Crippen molar-refractivity contribution in [1.29, 1.82) is 0 Å². The van der Waals surface area contributed by atoms with Crippen LogP contribution >= 0.6 is 0 Å². The maximum atomic E-state index is 12.7. The van der Waals surface area contributed by atoms with Crippen molar-refractivity contribution in [2.75, 3.05) is 13.7 Å². The fourth-order valence-electron chi connectivity index (χ4n) is 2.76. The van der Waals surface area contributed by atoms with Crippen LogP contribution in [0.15, 0.2) is 42.5 Å². The fourth-order valence-corrected chi connectivity index (χ4v) is 2.76. The summed E-state index contributed by atoms with van der Waals surface area (Å²) >= 11 is 0. The first-order valence-corrected chi connectivity index (χ1v) is 9.14. The molecule has 3 aromatic rings. The Bertz CT molecular complexity index is 937. The lowest BCUT2D eigenvalue weighted by molar-refractivity contribution is 0.0946. The second kappa shape index (κ2) is 8.08. The van der Waals surface area contributed by atoms with Gasteiger partial charge in [0, 0.05) is 18.2 Å². The molecule has 8 heteroatoms. The molecule has 0 spiro atoms. The number of ether oxygens (including phenoxy) is 2. The van der Waals surface area contributed by atoms with Crippen molar-refractivity contribution >= 4 is 5.91 Å². The summed E-state index contributed by atoms with van der Waals surface area (Å²) in [7, 11) is 1.60. The normalized spacial score (nSPS) is 13.2. The van der Waals surface area contributed by atoms with E-state index in [2.05, 4.69) is 25.9 Å². The zero-order valence-corrected chi connectivity index (χ0v) is 15.5. The largest absolute Gasteiger partial charge is 0.497 e. The van der Waals surface area contributed by atoms with Gasteiger partial charge in [-0.05, 0) is 41.7 Å². The van der Waals surface area contributed by atoms with Gasteiger partial charge in [0.1, 0.15) is 11.5 Å². The number of aromatic amines is 1. The first kappa shape index (κ1) is 18.0. The van der Waals surface area contributed by atoms with Gasteiger partial charge in [0.2, 0.25) is 5.82 Å². The number of benzene rings is 2. The lowest BCUT2D eigenvalue weighted by atomic mass is 10.1. The van der Waals surface area contributed by atoms with E-state index in [-0.39, 0.29) is 5.91 Å². The average Bonchev–Trinajstić information content (AvgIpc) is 3.41. The molecule has 0 aliphatic heterocycles. The van der Waals surface area contributed by atoms with Crippen molar-refractivity contribution in [2.45, 2.75) is 19.4 Å². The minimum atomic E-state index is -0.185. The van der Waals surface area contributed by atoms with E-state index in [9.17, 15) is 4.79 Å². The molecule has 0 saturated heterocycles. The maximum absolute atomic E-state index is 12.7. The Labute approximate surface area is 162 Å². The van der Waals surface area contributed by atoms with Crippen molar-refractivity contribution in [2.24, 2.45) is 5.92 Å². The summed E-state index contributed by atoms with van der Waals surface area (Å²) in [6.07, 6.45) is 2.37. The molecule has 144 valence electrons. The van der Waals surface area contributed by atoms with Crippen molar-refractivity contribution < 1.29 is 14.3 Å². The topological polar surface area (TPSA) is 102 Å². The van der Waals surface area contributed by atoms with Gasteiger partial charge < -0.3 is 14.8 Å². The quantitative estimate of drug-likeness (QED) is 0.624. The molecule has 2 aromatic carbocycles. The molecule has 1 saturated carbocycles. The number of H-pyrrole nitrogens is 1. The van der Waals surface area contributed by atoms with Crippen molar-refractivity contribution in [1.82, 2.24) is 25.9 Å². The zero-order chi connectivity index (χ0) is 19.3. The van der Waals surface area contributed by atoms with Crippen LogP contribution in [0.2, 0.25) is 0 Å². The van der Waals surface area contributed by atoms with Gasteiger partial charge in [-0.2, -0.15) is 5.21 Å². The Hall–Kier alpha value is -3.42. The first-order chi connectivity index (χ1) is 13.7. The highest BCUT2D eigenvalue weighted by Gasteiger charge is 2.23. The van der Waals surface area contributed by atoms with E-state index >= 15 is 0 Å². The van der Waals surface area contributed by atoms with Gasteiger partial charge in [-0.25, -0.2) is 0 Å². The number of carbonyl (C=O) groups is 1.